The van der Waals surface area contributed by atoms with Gasteiger partial charge in [0.05, 0.1) is 0 Å². The molecule has 3 aromatic rings. The number of pyridine rings is 1. The van der Waals surface area contributed by atoms with Crippen LogP contribution in [-0.2, 0) is 0 Å². The van der Waals surface area contributed by atoms with Gasteiger partial charge in [0.15, 0.2) is 0 Å². The van der Waals surface area contributed by atoms with Gasteiger partial charge in [-0.25, -0.2) is 0 Å². The topological polar surface area (TPSA) is 47.0 Å². The summed E-state index contributed by atoms with van der Waals surface area (Å²) in [6.45, 7) is 0. The van der Waals surface area contributed by atoms with Crippen molar-refractivity contribution in [3.63, 3.8) is 0 Å². The van der Waals surface area contributed by atoms with E-state index in [-0.39, 0.29) is 0 Å². The zero-order chi connectivity index (χ0) is 15.6. The van der Waals surface area contributed by atoms with Gasteiger partial charge in [0.2, 0.25) is 11.6 Å². The van der Waals surface area contributed by atoms with Crippen molar-refractivity contribution < 1.29 is 9.59 Å². The Labute approximate surface area is 129 Å². The summed E-state index contributed by atoms with van der Waals surface area (Å²) in [5.41, 5.74) is 0.854. The Balaban J connectivity index is 0.000000246. The lowest BCUT2D eigenvalue weighted by Crippen LogP contribution is -2.14. The molecule has 3 heteroatoms. The smallest absolute Gasteiger partial charge is 0.233 e. The van der Waals surface area contributed by atoms with Crippen LogP contribution in [0, 0.1) is 0 Å². The summed E-state index contributed by atoms with van der Waals surface area (Å²) in [6, 6.07) is 22.9. The SMILES string of the molecule is O=C(C(=O)c1ccccc1)c1ccccc1.c1ccncc1. The van der Waals surface area contributed by atoms with Crippen LogP contribution < -0.4 is 0 Å². The standard InChI is InChI=1S/C14H10O2.C5H5N/c15-13(11-7-3-1-4-8-11)14(16)12-9-5-2-6-10-12;1-2-4-6-5-3-1/h1-10H;1-5H. The molecule has 3 nitrogen and oxygen atoms in total. The zero-order valence-corrected chi connectivity index (χ0v) is 11.9. The van der Waals surface area contributed by atoms with Crippen LogP contribution in [0.25, 0.3) is 0 Å². The Morgan fingerprint density at radius 2 is 0.909 bits per heavy atom. The normalized spacial score (nSPS) is 9.27. The van der Waals surface area contributed by atoms with Crippen LogP contribution in [0.4, 0.5) is 0 Å². The van der Waals surface area contributed by atoms with Gasteiger partial charge >= 0.3 is 0 Å². The Bertz CT molecular complexity index is 634. The number of nitrogens with zero attached hydrogens (tertiary/aromatic N) is 1. The van der Waals surface area contributed by atoms with Crippen LogP contribution in [-0.4, -0.2) is 16.6 Å². The number of hydrogen-bond acceptors (Lipinski definition) is 3. The third-order valence-electron chi connectivity index (χ3n) is 2.84. The first-order valence-electron chi connectivity index (χ1n) is 6.83. The molecule has 0 aliphatic heterocycles. The maximum Gasteiger partial charge on any atom is 0.233 e. The van der Waals surface area contributed by atoms with Gasteiger partial charge in [0.1, 0.15) is 0 Å². The Morgan fingerprint density at radius 1 is 0.545 bits per heavy atom. The molecule has 2 aromatic carbocycles. The van der Waals surface area contributed by atoms with Crippen molar-refractivity contribution in [3.8, 4) is 0 Å². The summed E-state index contributed by atoms with van der Waals surface area (Å²) in [5.74, 6) is -0.932. The average Bonchev–Trinajstić information content (AvgIpc) is 2.64. The predicted octanol–water partition coefficient (Wildman–Crippen LogP) is 3.83. The molecule has 1 aromatic heterocycles. The highest BCUT2D eigenvalue weighted by molar-refractivity contribution is 6.49. The van der Waals surface area contributed by atoms with E-state index in [1.807, 2.05) is 30.3 Å². The Kier molecular flexibility index (Phi) is 5.76. The fourth-order valence-electron chi connectivity index (χ4n) is 1.75. The molecule has 0 saturated heterocycles. The third kappa shape index (κ3) is 4.49. The molecule has 0 spiro atoms. The maximum absolute atomic E-state index is 11.8. The monoisotopic (exact) mass is 289 g/mol. The second kappa shape index (κ2) is 8.27. The highest BCUT2D eigenvalue weighted by Gasteiger charge is 2.16. The number of Topliss-reactive ketones (excluding diaryl/α,β-unsaturated/α-hetero) is 2. The molecular formula is C19H15NO2. The van der Waals surface area contributed by atoms with E-state index >= 15 is 0 Å². The fraction of sp³-hybridized carbons (Fsp3) is 0. The first-order valence-corrected chi connectivity index (χ1v) is 6.83. The first-order chi connectivity index (χ1) is 10.8. The Hall–Kier alpha value is -3.07. The number of carbonyl (C=O) groups is 2. The van der Waals surface area contributed by atoms with Crippen molar-refractivity contribution in [2.45, 2.75) is 0 Å². The van der Waals surface area contributed by atoms with Crippen LogP contribution in [0.5, 0.6) is 0 Å². The minimum atomic E-state index is -0.466. The highest BCUT2D eigenvalue weighted by atomic mass is 16.2. The third-order valence-corrected chi connectivity index (χ3v) is 2.84. The van der Waals surface area contributed by atoms with E-state index in [9.17, 15) is 9.59 Å². The predicted molar refractivity (Wildman–Crippen MR) is 85.8 cm³/mol. The van der Waals surface area contributed by atoms with E-state index in [4.69, 9.17) is 0 Å². The summed E-state index contributed by atoms with van der Waals surface area (Å²) in [5, 5.41) is 0. The number of benzene rings is 2. The second-order valence-corrected chi connectivity index (χ2v) is 4.41. The van der Waals surface area contributed by atoms with Gasteiger partial charge in [0.25, 0.3) is 0 Å². The lowest BCUT2D eigenvalue weighted by atomic mass is 10.0. The Morgan fingerprint density at radius 3 is 1.18 bits per heavy atom. The van der Waals surface area contributed by atoms with Gasteiger partial charge in [0, 0.05) is 23.5 Å². The van der Waals surface area contributed by atoms with Crippen LogP contribution in [0.2, 0.25) is 0 Å². The van der Waals surface area contributed by atoms with Crippen LogP contribution in [0.1, 0.15) is 20.7 Å². The van der Waals surface area contributed by atoms with Crippen molar-refractivity contribution in [3.05, 3.63) is 102 Å². The molecule has 0 unspecified atom stereocenters. The summed E-state index contributed by atoms with van der Waals surface area (Å²) in [7, 11) is 0. The maximum atomic E-state index is 11.8. The van der Waals surface area contributed by atoms with Gasteiger partial charge in [-0.1, -0.05) is 66.7 Å². The highest BCUT2D eigenvalue weighted by Crippen LogP contribution is 2.07. The molecule has 108 valence electrons. The minimum Gasteiger partial charge on any atom is -0.285 e. The molecule has 0 atom stereocenters. The van der Waals surface area contributed by atoms with Gasteiger partial charge < -0.3 is 0 Å². The summed E-state index contributed by atoms with van der Waals surface area (Å²) >= 11 is 0. The van der Waals surface area contributed by atoms with E-state index in [0.29, 0.717) is 11.1 Å². The van der Waals surface area contributed by atoms with Crippen LogP contribution in [0.3, 0.4) is 0 Å². The molecule has 0 bridgehead atoms. The summed E-state index contributed by atoms with van der Waals surface area (Å²) < 4.78 is 0. The van der Waals surface area contributed by atoms with Crippen molar-refractivity contribution >= 4 is 11.6 Å². The van der Waals surface area contributed by atoms with Gasteiger partial charge in [-0.05, 0) is 12.1 Å². The number of rotatable bonds is 3. The number of aromatic nitrogens is 1. The van der Waals surface area contributed by atoms with Gasteiger partial charge in [-0.15, -0.1) is 0 Å². The van der Waals surface area contributed by atoms with Gasteiger partial charge in [-0.3, -0.25) is 14.6 Å². The van der Waals surface area contributed by atoms with Crippen LogP contribution in [0.15, 0.2) is 91.3 Å². The van der Waals surface area contributed by atoms with E-state index in [2.05, 4.69) is 4.98 Å². The molecule has 0 aliphatic carbocycles. The molecule has 3 rings (SSSR count). The first kappa shape index (κ1) is 15.3. The molecule has 1 heterocycles. The average molecular weight is 289 g/mol. The van der Waals surface area contributed by atoms with Gasteiger partial charge in [-0.2, -0.15) is 0 Å². The second-order valence-electron chi connectivity index (χ2n) is 4.41. The largest absolute Gasteiger partial charge is 0.285 e. The van der Waals surface area contributed by atoms with Crippen molar-refractivity contribution in [2.24, 2.45) is 0 Å². The number of hydrogen-bond donors (Lipinski definition) is 0. The molecule has 0 amide bonds. The number of ketones is 2. The molecular weight excluding hydrogens is 274 g/mol. The lowest BCUT2D eigenvalue weighted by Gasteiger charge is -1.99. The summed E-state index contributed by atoms with van der Waals surface area (Å²) in [4.78, 5) is 27.4. The minimum absolute atomic E-state index is 0.427. The molecule has 0 aliphatic rings. The molecule has 0 N–H and O–H groups in total. The van der Waals surface area contributed by atoms with E-state index in [1.54, 1.807) is 60.9 Å². The molecule has 0 fully saturated rings. The number of carbonyl (C=O) groups excluding carboxylic acids is 2. The van der Waals surface area contributed by atoms with Crippen molar-refractivity contribution in [2.75, 3.05) is 0 Å². The zero-order valence-electron chi connectivity index (χ0n) is 11.9. The molecule has 0 radical (unpaired) electrons. The lowest BCUT2D eigenvalue weighted by molar-refractivity contribution is 0.0817. The summed E-state index contributed by atoms with van der Waals surface area (Å²) in [6.07, 6.45) is 3.50. The fourth-order valence-corrected chi connectivity index (χ4v) is 1.75. The van der Waals surface area contributed by atoms with E-state index in [0.717, 1.165) is 0 Å². The van der Waals surface area contributed by atoms with E-state index < -0.39 is 11.6 Å². The van der Waals surface area contributed by atoms with Crippen molar-refractivity contribution in [1.29, 1.82) is 0 Å². The van der Waals surface area contributed by atoms with Crippen LogP contribution >= 0.6 is 0 Å². The van der Waals surface area contributed by atoms with Crippen molar-refractivity contribution in [1.82, 2.24) is 4.98 Å². The quantitative estimate of drug-likeness (QED) is 0.544. The molecule has 22 heavy (non-hydrogen) atoms. The molecule has 0 saturated carbocycles. The van der Waals surface area contributed by atoms with E-state index in [1.165, 1.54) is 0 Å².